The van der Waals surface area contributed by atoms with E-state index in [2.05, 4.69) is 16.4 Å². The van der Waals surface area contributed by atoms with Crippen molar-refractivity contribution in [3.63, 3.8) is 0 Å². The Morgan fingerprint density at radius 2 is 2.40 bits per heavy atom. The van der Waals surface area contributed by atoms with E-state index >= 15 is 0 Å². The Bertz CT molecular complexity index is 629. The first-order chi connectivity index (χ1) is 9.66. The van der Waals surface area contributed by atoms with Crippen LogP contribution >= 0.6 is 22.9 Å². The highest BCUT2D eigenvalue weighted by Gasteiger charge is 2.31. The van der Waals surface area contributed by atoms with Crippen molar-refractivity contribution in [1.29, 1.82) is 0 Å². The molecule has 0 aliphatic carbocycles. The number of nitrogens with zero attached hydrogens (tertiary/aromatic N) is 2. The third-order valence-corrected chi connectivity index (χ3v) is 4.48. The van der Waals surface area contributed by atoms with Gasteiger partial charge in [-0.05, 0) is 41.3 Å². The van der Waals surface area contributed by atoms with E-state index in [4.69, 9.17) is 17.3 Å². The number of hydrogen-bond donors (Lipinski definition) is 1. The number of aromatic nitrogens is 1. The van der Waals surface area contributed by atoms with Gasteiger partial charge in [-0.25, -0.2) is 4.98 Å². The van der Waals surface area contributed by atoms with E-state index in [0.29, 0.717) is 11.3 Å². The summed E-state index contributed by atoms with van der Waals surface area (Å²) in [5, 5.41) is 4.42. The first-order valence-electron chi connectivity index (χ1n) is 6.41. The van der Waals surface area contributed by atoms with Gasteiger partial charge >= 0.3 is 0 Å². The molecule has 0 aromatic carbocycles. The summed E-state index contributed by atoms with van der Waals surface area (Å²) < 4.78 is 0. The number of nitrogen functional groups attached to an aromatic ring is 1. The SMILES string of the molecule is Nc1cnc(Cl)cc1C(=O)N1CCCC1c1ccsc1. The highest BCUT2D eigenvalue weighted by Crippen LogP contribution is 2.34. The van der Waals surface area contributed by atoms with Gasteiger partial charge in [0.05, 0.1) is 23.5 Å². The Morgan fingerprint density at radius 3 is 3.15 bits per heavy atom. The molecule has 1 saturated heterocycles. The molecule has 1 aliphatic rings. The lowest BCUT2D eigenvalue weighted by Crippen LogP contribution is -2.31. The fourth-order valence-electron chi connectivity index (χ4n) is 2.60. The molecule has 0 saturated carbocycles. The van der Waals surface area contributed by atoms with Crippen LogP contribution in [0.3, 0.4) is 0 Å². The van der Waals surface area contributed by atoms with Crippen molar-refractivity contribution in [2.75, 3.05) is 12.3 Å². The topological polar surface area (TPSA) is 59.2 Å². The van der Waals surface area contributed by atoms with E-state index in [1.165, 1.54) is 11.8 Å². The molecule has 2 aromatic heterocycles. The fraction of sp³-hybridized carbons (Fsp3) is 0.286. The van der Waals surface area contributed by atoms with Crippen molar-refractivity contribution >= 4 is 34.5 Å². The van der Waals surface area contributed by atoms with Crippen molar-refractivity contribution in [3.05, 3.63) is 45.4 Å². The number of carbonyl (C=O) groups excluding carboxylic acids is 1. The van der Waals surface area contributed by atoms with Crippen LogP contribution in [0.4, 0.5) is 5.69 Å². The maximum Gasteiger partial charge on any atom is 0.256 e. The molecule has 20 heavy (non-hydrogen) atoms. The van der Waals surface area contributed by atoms with E-state index in [9.17, 15) is 4.79 Å². The Hall–Kier alpha value is -1.59. The van der Waals surface area contributed by atoms with Gasteiger partial charge in [0.2, 0.25) is 0 Å². The summed E-state index contributed by atoms with van der Waals surface area (Å²) in [6.07, 6.45) is 3.43. The number of halogens is 1. The molecule has 0 bridgehead atoms. The highest BCUT2D eigenvalue weighted by atomic mass is 35.5. The van der Waals surface area contributed by atoms with E-state index in [0.717, 1.165) is 19.4 Å². The second-order valence-electron chi connectivity index (χ2n) is 4.81. The minimum atomic E-state index is -0.0690. The van der Waals surface area contributed by atoms with Gasteiger partial charge in [-0.1, -0.05) is 11.6 Å². The molecule has 6 heteroatoms. The molecular formula is C14H14ClN3OS. The van der Waals surface area contributed by atoms with Crippen molar-refractivity contribution < 1.29 is 4.79 Å². The zero-order chi connectivity index (χ0) is 14.1. The predicted molar refractivity (Wildman–Crippen MR) is 81.0 cm³/mol. The molecule has 3 heterocycles. The number of nitrogens with two attached hydrogens (primary N) is 1. The number of thiophene rings is 1. The van der Waals surface area contributed by atoms with E-state index in [1.54, 1.807) is 17.4 Å². The number of pyridine rings is 1. The summed E-state index contributed by atoms with van der Waals surface area (Å²) in [6.45, 7) is 0.749. The Morgan fingerprint density at radius 1 is 1.55 bits per heavy atom. The van der Waals surface area contributed by atoms with Gasteiger partial charge in [-0.3, -0.25) is 4.79 Å². The molecule has 2 N–H and O–H groups in total. The first-order valence-corrected chi connectivity index (χ1v) is 7.73. The second kappa shape index (κ2) is 5.42. The molecular weight excluding hydrogens is 294 g/mol. The van der Waals surface area contributed by atoms with Crippen LogP contribution in [0.2, 0.25) is 5.15 Å². The lowest BCUT2D eigenvalue weighted by Gasteiger charge is -2.24. The second-order valence-corrected chi connectivity index (χ2v) is 5.97. The van der Waals surface area contributed by atoms with Gasteiger partial charge in [-0.15, -0.1) is 0 Å². The number of hydrogen-bond acceptors (Lipinski definition) is 4. The minimum absolute atomic E-state index is 0.0690. The average molecular weight is 308 g/mol. The van der Waals surface area contributed by atoms with Gasteiger partial charge in [-0.2, -0.15) is 11.3 Å². The molecule has 1 aliphatic heterocycles. The molecule has 1 fully saturated rings. The standard InChI is InChI=1S/C14H14ClN3OS/c15-13-6-10(11(16)7-17-13)14(19)18-4-1-2-12(18)9-3-5-20-8-9/h3,5-8,12H,1-2,4,16H2. The minimum Gasteiger partial charge on any atom is -0.397 e. The third-order valence-electron chi connectivity index (χ3n) is 3.57. The lowest BCUT2D eigenvalue weighted by molar-refractivity contribution is 0.0737. The Kier molecular flexibility index (Phi) is 3.63. The van der Waals surface area contributed by atoms with Crippen molar-refractivity contribution in [2.24, 2.45) is 0 Å². The normalized spacial score (nSPS) is 18.4. The van der Waals surface area contributed by atoms with Crippen molar-refractivity contribution in [3.8, 4) is 0 Å². The summed E-state index contributed by atoms with van der Waals surface area (Å²) in [6, 6.07) is 3.76. The van der Waals surface area contributed by atoms with E-state index in [-0.39, 0.29) is 17.1 Å². The van der Waals surface area contributed by atoms with E-state index in [1.807, 2.05) is 10.3 Å². The van der Waals surface area contributed by atoms with Crippen molar-refractivity contribution in [1.82, 2.24) is 9.88 Å². The number of carbonyl (C=O) groups is 1. The fourth-order valence-corrected chi connectivity index (χ4v) is 3.47. The highest BCUT2D eigenvalue weighted by molar-refractivity contribution is 7.08. The molecule has 0 radical (unpaired) electrons. The first kappa shape index (κ1) is 13.4. The quantitative estimate of drug-likeness (QED) is 0.866. The molecule has 4 nitrogen and oxygen atoms in total. The summed E-state index contributed by atoms with van der Waals surface area (Å²) in [7, 11) is 0. The molecule has 3 rings (SSSR count). The third kappa shape index (κ3) is 2.39. The summed E-state index contributed by atoms with van der Waals surface area (Å²) in [5.41, 5.74) is 7.86. The molecule has 2 aromatic rings. The zero-order valence-corrected chi connectivity index (χ0v) is 12.3. The molecule has 0 spiro atoms. The molecule has 1 unspecified atom stereocenters. The largest absolute Gasteiger partial charge is 0.397 e. The van der Waals surface area contributed by atoms with Gasteiger partial charge in [0.25, 0.3) is 5.91 Å². The van der Waals surface area contributed by atoms with Crippen LogP contribution in [0.15, 0.2) is 29.1 Å². The van der Waals surface area contributed by atoms with Crippen LogP contribution < -0.4 is 5.73 Å². The van der Waals surface area contributed by atoms with Gasteiger partial charge in [0.15, 0.2) is 0 Å². The van der Waals surface area contributed by atoms with Crippen LogP contribution in [0, 0.1) is 0 Å². The van der Waals surface area contributed by atoms with Crippen molar-refractivity contribution in [2.45, 2.75) is 18.9 Å². The van der Waals surface area contributed by atoms with Gasteiger partial charge < -0.3 is 10.6 Å². The smallest absolute Gasteiger partial charge is 0.256 e. The molecule has 1 atom stereocenters. The van der Waals surface area contributed by atoms with Gasteiger partial charge in [0, 0.05) is 6.54 Å². The number of likely N-dealkylation sites (tertiary alicyclic amines) is 1. The van der Waals surface area contributed by atoms with Crippen LogP contribution in [-0.4, -0.2) is 22.3 Å². The summed E-state index contributed by atoms with van der Waals surface area (Å²) in [5.74, 6) is -0.0690. The van der Waals surface area contributed by atoms with E-state index < -0.39 is 0 Å². The van der Waals surface area contributed by atoms with Crippen LogP contribution in [0.25, 0.3) is 0 Å². The summed E-state index contributed by atoms with van der Waals surface area (Å²) >= 11 is 7.52. The maximum absolute atomic E-state index is 12.7. The number of rotatable bonds is 2. The van der Waals surface area contributed by atoms with Gasteiger partial charge in [0.1, 0.15) is 5.15 Å². The van der Waals surface area contributed by atoms with Crippen LogP contribution in [0.1, 0.15) is 34.8 Å². The number of amides is 1. The average Bonchev–Trinajstić information content (AvgIpc) is 3.10. The summed E-state index contributed by atoms with van der Waals surface area (Å²) in [4.78, 5) is 18.5. The maximum atomic E-state index is 12.7. The van der Waals surface area contributed by atoms with Crippen LogP contribution in [-0.2, 0) is 0 Å². The Balaban J connectivity index is 1.91. The lowest BCUT2D eigenvalue weighted by atomic mass is 10.1. The monoisotopic (exact) mass is 307 g/mol. The molecule has 104 valence electrons. The molecule has 1 amide bonds. The number of anilines is 1. The van der Waals surface area contributed by atoms with Crippen LogP contribution in [0.5, 0.6) is 0 Å². The zero-order valence-electron chi connectivity index (χ0n) is 10.8. The predicted octanol–water partition coefficient (Wildman–Crippen LogP) is 3.36. The Labute approximate surface area is 126 Å².